The molecule has 1 heterocycles. The van der Waals surface area contributed by atoms with Crippen molar-refractivity contribution in [2.75, 3.05) is 12.3 Å². The summed E-state index contributed by atoms with van der Waals surface area (Å²) in [5.41, 5.74) is 1.27. The first-order valence-corrected chi connectivity index (χ1v) is 8.65. The average Bonchev–Trinajstić information content (AvgIpc) is 2.52. The summed E-state index contributed by atoms with van der Waals surface area (Å²) in [5.74, 6) is 0.999. The lowest BCUT2D eigenvalue weighted by Gasteiger charge is -2.18. The molecule has 1 unspecified atom stereocenters. The van der Waals surface area contributed by atoms with Gasteiger partial charge in [0, 0.05) is 29.1 Å². The van der Waals surface area contributed by atoms with E-state index in [2.05, 4.69) is 29.4 Å². The van der Waals surface area contributed by atoms with Crippen LogP contribution in [-0.2, 0) is 6.42 Å². The van der Waals surface area contributed by atoms with Crippen LogP contribution in [0.1, 0.15) is 18.9 Å². The molecule has 1 aromatic carbocycles. The molecule has 0 bridgehead atoms. The van der Waals surface area contributed by atoms with Gasteiger partial charge >= 0.3 is 0 Å². The lowest BCUT2D eigenvalue weighted by molar-refractivity contribution is 0.549. The summed E-state index contributed by atoms with van der Waals surface area (Å²) in [7, 11) is 0. The van der Waals surface area contributed by atoms with Crippen molar-refractivity contribution in [1.29, 1.82) is 0 Å². The van der Waals surface area contributed by atoms with Crippen LogP contribution in [0.25, 0.3) is 0 Å². The van der Waals surface area contributed by atoms with Crippen LogP contribution in [0.2, 0.25) is 5.02 Å². The van der Waals surface area contributed by atoms with Gasteiger partial charge < -0.3 is 5.32 Å². The Morgan fingerprint density at radius 3 is 2.81 bits per heavy atom. The molecule has 0 saturated carbocycles. The van der Waals surface area contributed by atoms with E-state index in [1.54, 1.807) is 0 Å². The average molecular weight is 321 g/mol. The van der Waals surface area contributed by atoms with Crippen molar-refractivity contribution in [2.24, 2.45) is 0 Å². The number of hydrogen-bond acceptors (Lipinski definition) is 3. The van der Waals surface area contributed by atoms with E-state index < -0.39 is 0 Å². The molecular formula is C17H21ClN2S. The molecule has 2 nitrogen and oxygen atoms in total. The molecule has 1 aromatic heterocycles. The number of nitrogens with zero attached hydrogens (tertiary/aromatic N) is 1. The summed E-state index contributed by atoms with van der Waals surface area (Å²) < 4.78 is 0. The SMILES string of the molecule is CCCNC(CSc1ccccc1Cl)Cc1cccnc1. The maximum absolute atomic E-state index is 6.22. The molecule has 0 saturated heterocycles. The van der Waals surface area contributed by atoms with Crippen molar-refractivity contribution in [3.05, 3.63) is 59.4 Å². The third-order valence-corrected chi connectivity index (χ3v) is 4.84. The van der Waals surface area contributed by atoms with Gasteiger partial charge in [0.2, 0.25) is 0 Å². The number of hydrogen-bond donors (Lipinski definition) is 1. The van der Waals surface area contributed by atoms with Crippen LogP contribution in [0.15, 0.2) is 53.7 Å². The highest BCUT2D eigenvalue weighted by molar-refractivity contribution is 7.99. The summed E-state index contributed by atoms with van der Waals surface area (Å²) in [6.07, 6.45) is 5.89. The van der Waals surface area contributed by atoms with Crippen molar-refractivity contribution in [3.8, 4) is 0 Å². The molecule has 1 N–H and O–H groups in total. The number of thioether (sulfide) groups is 1. The second-order valence-electron chi connectivity index (χ2n) is 4.96. The summed E-state index contributed by atoms with van der Waals surface area (Å²) >= 11 is 8.03. The zero-order valence-corrected chi connectivity index (χ0v) is 13.8. The Bertz CT molecular complexity index is 533. The van der Waals surface area contributed by atoms with E-state index in [-0.39, 0.29) is 0 Å². The third-order valence-electron chi connectivity index (χ3n) is 3.16. The molecule has 0 fully saturated rings. The van der Waals surface area contributed by atoms with Crippen molar-refractivity contribution < 1.29 is 0 Å². The Morgan fingerprint density at radius 2 is 2.10 bits per heavy atom. The molecule has 0 aliphatic heterocycles. The highest BCUT2D eigenvalue weighted by atomic mass is 35.5. The lowest BCUT2D eigenvalue weighted by Crippen LogP contribution is -2.34. The summed E-state index contributed by atoms with van der Waals surface area (Å²) in [5, 5.41) is 4.45. The summed E-state index contributed by atoms with van der Waals surface area (Å²) in [4.78, 5) is 5.34. The topological polar surface area (TPSA) is 24.9 Å². The second-order valence-corrected chi connectivity index (χ2v) is 6.43. The molecule has 21 heavy (non-hydrogen) atoms. The van der Waals surface area contributed by atoms with Crippen LogP contribution in [-0.4, -0.2) is 23.3 Å². The van der Waals surface area contributed by atoms with Crippen LogP contribution < -0.4 is 5.32 Å². The highest BCUT2D eigenvalue weighted by Crippen LogP contribution is 2.27. The zero-order chi connectivity index (χ0) is 14.9. The Morgan fingerprint density at radius 1 is 1.24 bits per heavy atom. The van der Waals surface area contributed by atoms with E-state index >= 15 is 0 Å². The van der Waals surface area contributed by atoms with Crippen LogP contribution in [0.5, 0.6) is 0 Å². The molecule has 2 aromatic rings. The van der Waals surface area contributed by atoms with Crippen LogP contribution in [0, 0.1) is 0 Å². The molecule has 1 atom stereocenters. The van der Waals surface area contributed by atoms with E-state index in [0.717, 1.165) is 35.1 Å². The minimum absolute atomic E-state index is 0.426. The zero-order valence-electron chi connectivity index (χ0n) is 12.3. The van der Waals surface area contributed by atoms with E-state index in [1.807, 2.05) is 48.4 Å². The van der Waals surface area contributed by atoms with Gasteiger partial charge in [0.15, 0.2) is 0 Å². The van der Waals surface area contributed by atoms with Gasteiger partial charge in [0.25, 0.3) is 0 Å². The Labute approximate surface area is 136 Å². The first-order chi connectivity index (χ1) is 10.3. The quantitative estimate of drug-likeness (QED) is 0.728. The van der Waals surface area contributed by atoms with Gasteiger partial charge in [-0.25, -0.2) is 0 Å². The molecular weight excluding hydrogens is 300 g/mol. The number of halogens is 1. The van der Waals surface area contributed by atoms with E-state index in [4.69, 9.17) is 11.6 Å². The van der Waals surface area contributed by atoms with E-state index in [9.17, 15) is 0 Å². The smallest absolute Gasteiger partial charge is 0.0541 e. The molecule has 112 valence electrons. The number of rotatable bonds is 8. The standard InChI is InChI=1S/C17H21ClN2S/c1-2-9-20-15(11-14-6-5-10-19-12-14)13-21-17-8-4-3-7-16(17)18/h3-8,10,12,15,20H,2,9,11,13H2,1H3. The first-order valence-electron chi connectivity index (χ1n) is 7.29. The van der Waals surface area contributed by atoms with Gasteiger partial charge in [-0.3, -0.25) is 4.98 Å². The highest BCUT2D eigenvalue weighted by Gasteiger charge is 2.11. The van der Waals surface area contributed by atoms with Crippen molar-refractivity contribution >= 4 is 23.4 Å². The van der Waals surface area contributed by atoms with Crippen LogP contribution >= 0.6 is 23.4 Å². The number of aromatic nitrogens is 1. The van der Waals surface area contributed by atoms with E-state index in [1.165, 1.54) is 5.56 Å². The summed E-state index contributed by atoms with van der Waals surface area (Å²) in [6.45, 7) is 3.23. The number of nitrogens with one attached hydrogen (secondary N) is 1. The predicted molar refractivity (Wildman–Crippen MR) is 92.2 cm³/mol. The van der Waals surface area contributed by atoms with Crippen LogP contribution in [0.4, 0.5) is 0 Å². The minimum Gasteiger partial charge on any atom is -0.313 e. The first kappa shape index (κ1) is 16.3. The number of pyridine rings is 1. The maximum Gasteiger partial charge on any atom is 0.0541 e. The third kappa shape index (κ3) is 5.70. The normalized spacial score (nSPS) is 12.3. The van der Waals surface area contributed by atoms with Gasteiger partial charge in [-0.15, -0.1) is 11.8 Å². The number of benzene rings is 1. The maximum atomic E-state index is 6.22. The van der Waals surface area contributed by atoms with Gasteiger partial charge in [-0.1, -0.05) is 36.7 Å². The summed E-state index contributed by atoms with van der Waals surface area (Å²) in [6, 6.07) is 12.6. The van der Waals surface area contributed by atoms with Gasteiger partial charge in [-0.2, -0.15) is 0 Å². The molecule has 4 heteroatoms. The van der Waals surface area contributed by atoms with Crippen molar-refractivity contribution in [3.63, 3.8) is 0 Å². The largest absolute Gasteiger partial charge is 0.313 e. The monoisotopic (exact) mass is 320 g/mol. The van der Waals surface area contributed by atoms with E-state index in [0.29, 0.717) is 6.04 Å². The van der Waals surface area contributed by atoms with Crippen LogP contribution in [0.3, 0.4) is 0 Å². The second kappa shape index (κ2) is 9.08. The fourth-order valence-corrected chi connectivity index (χ4v) is 3.39. The van der Waals surface area contributed by atoms with Gasteiger partial charge in [0.05, 0.1) is 5.02 Å². The minimum atomic E-state index is 0.426. The molecule has 0 amide bonds. The Kier molecular flexibility index (Phi) is 7.07. The fourth-order valence-electron chi connectivity index (χ4n) is 2.09. The molecule has 0 spiro atoms. The lowest BCUT2D eigenvalue weighted by atomic mass is 10.1. The fraction of sp³-hybridized carbons (Fsp3) is 0.353. The molecule has 0 aliphatic rings. The Balaban J connectivity index is 1.94. The van der Waals surface area contributed by atoms with Gasteiger partial charge in [0.1, 0.15) is 0 Å². The molecule has 0 radical (unpaired) electrons. The Hall–Kier alpha value is -1.03. The van der Waals surface area contributed by atoms with Gasteiger partial charge in [-0.05, 0) is 43.1 Å². The molecule has 2 rings (SSSR count). The van der Waals surface area contributed by atoms with Crippen molar-refractivity contribution in [1.82, 2.24) is 10.3 Å². The molecule has 0 aliphatic carbocycles. The predicted octanol–water partition coefficient (Wildman–Crippen LogP) is 4.44. The van der Waals surface area contributed by atoms with Crippen molar-refractivity contribution in [2.45, 2.75) is 30.7 Å².